The molecule has 1 amide bonds. The Kier molecular flexibility index (Phi) is 4.14. The zero-order valence-corrected chi connectivity index (χ0v) is 15.1. The van der Waals surface area contributed by atoms with Crippen molar-refractivity contribution in [2.45, 2.75) is 0 Å². The van der Waals surface area contributed by atoms with Crippen LogP contribution in [-0.4, -0.2) is 25.7 Å². The fourth-order valence-electron chi connectivity index (χ4n) is 2.45. The van der Waals surface area contributed by atoms with Gasteiger partial charge in [0.25, 0.3) is 5.91 Å². The molecule has 6 nitrogen and oxygen atoms in total. The summed E-state index contributed by atoms with van der Waals surface area (Å²) < 4.78 is 2.54. The maximum absolute atomic E-state index is 12.4. The Bertz CT molecular complexity index is 1060. The van der Waals surface area contributed by atoms with Crippen molar-refractivity contribution in [2.24, 2.45) is 0 Å². The third-order valence-electron chi connectivity index (χ3n) is 3.72. The Labute approximate surface area is 157 Å². The molecule has 2 aromatic carbocycles. The number of carbonyl (C=O) groups is 1. The third-order valence-corrected chi connectivity index (χ3v) is 4.66. The molecule has 2 heterocycles. The molecule has 0 radical (unpaired) electrons. The summed E-state index contributed by atoms with van der Waals surface area (Å²) in [5, 5.41) is 15.1. The maximum Gasteiger partial charge on any atom is 0.256 e. The van der Waals surface area contributed by atoms with Crippen LogP contribution < -0.4 is 5.32 Å². The monoisotopic (exact) mass is 441 g/mol. The number of amides is 1. The molecule has 0 saturated heterocycles. The third kappa shape index (κ3) is 3.22. The number of benzene rings is 2. The molecule has 0 unspecified atom stereocenters. The standard InChI is InChI=1S/C18H12IN5O/c19-15-4-2-1-3-14(15)18(25)21-13-7-5-12(6-8-13)16-9-10-17-22-20-11-24(17)23-16/h1-11H,(H,21,25). The molecular weight excluding hydrogens is 429 g/mol. The van der Waals surface area contributed by atoms with Crippen LogP contribution in [0.25, 0.3) is 16.9 Å². The Morgan fingerprint density at radius 1 is 1.00 bits per heavy atom. The molecule has 7 heteroatoms. The van der Waals surface area contributed by atoms with Gasteiger partial charge in [-0.15, -0.1) is 10.2 Å². The molecule has 0 saturated carbocycles. The number of nitrogens with one attached hydrogen (secondary N) is 1. The van der Waals surface area contributed by atoms with E-state index in [1.807, 2.05) is 60.7 Å². The summed E-state index contributed by atoms with van der Waals surface area (Å²) in [4.78, 5) is 12.4. The van der Waals surface area contributed by atoms with E-state index < -0.39 is 0 Å². The van der Waals surface area contributed by atoms with Crippen LogP contribution in [0, 0.1) is 3.57 Å². The van der Waals surface area contributed by atoms with E-state index in [2.05, 4.69) is 43.2 Å². The van der Waals surface area contributed by atoms with Gasteiger partial charge in [0.05, 0.1) is 11.3 Å². The van der Waals surface area contributed by atoms with Gasteiger partial charge in [0, 0.05) is 14.8 Å². The molecule has 0 fully saturated rings. The number of halogens is 1. The molecule has 122 valence electrons. The number of hydrogen-bond acceptors (Lipinski definition) is 4. The van der Waals surface area contributed by atoms with Gasteiger partial charge in [0.1, 0.15) is 6.33 Å². The largest absolute Gasteiger partial charge is 0.322 e. The molecule has 25 heavy (non-hydrogen) atoms. The van der Waals surface area contributed by atoms with Crippen LogP contribution in [0.1, 0.15) is 10.4 Å². The van der Waals surface area contributed by atoms with Gasteiger partial charge in [-0.05, 0) is 59.0 Å². The highest BCUT2D eigenvalue weighted by molar-refractivity contribution is 14.1. The van der Waals surface area contributed by atoms with E-state index in [0.29, 0.717) is 11.2 Å². The van der Waals surface area contributed by atoms with Crippen LogP contribution in [0.2, 0.25) is 0 Å². The van der Waals surface area contributed by atoms with Crippen molar-refractivity contribution in [1.82, 2.24) is 19.8 Å². The molecule has 0 aliphatic heterocycles. The molecule has 0 atom stereocenters. The summed E-state index contributed by atoms with van der Waals surface area (Å²) >= 11 is 2.16. The first-order valence-electron chi connectivity index (χ1n) is 7.54. The molecule has 2 aromatic heterocycles. The second-order valence-electron chi connectivity index (χ2n) is 5.36. The van der Waals surface area contributed by atoms with Crippen molar-refractivity contribution >= 4 is 39.8 Å². The molecule has 0 spiro atoms. The van der Waals surface area contributed by atoms with Crippen molar-refractivity contribution in [3.8, 4) is 11.3 Å². The Morgan fingerprint density at radius 3 is 2.60 bits per heavy atom. The summed E-state index contributed by atoms with van der Waals surface area (Å²) in [6.07, 6.45) is 1.56. The summed E-state index contributed by atoms with van der Waals surface area (Å²) in [6.45, 7) is 0. The number of fused-ring (bicyclic) bond motifs is 1. The Hall–Kier alpha value is -2.81. The van der Waals surface area contributed by atoms with Crippen molar-refractivity contribution in [2.75, 3.05) is 5.32 Å². The highest BCUT2D eigenvalue weighted by Gasteiger charge is 2.09. The number of rotatable bonds is 3. The van der Waals surface area contributed by atoms with Crippen molar-refractivity contribution in [1.29, 1.82) is 0 Å². The van der Waals surface area contributed by atoms with Gasteiger partial charge in [0.15, 0.2) is 5.65 Å². The lowest BCUT2D eigenvalue weighted by molar-refractivity contribution is 0.102. The van der Waals surface area contributed by atoms with Gasteiger partial charge >= 0.3 is 0 Å². The summed E-state index contributed by atoms with van der Waals surface area (Å²) in [5.74, 6) is -0.123. The van der Waals surface area contributed by atoms with Gasteiger partial charge in [-0.1, -0.05) is 24.3 Å². The zero-order valence-electron chi connectivity index (χ0n) is 12.9. The van der Waals surface area contributed by atoms with E-state index in [4.69, 9.17) is 0 Å². The molecule has 0 bridgehead atoms. The fraction of sp³-hybridized carbons (Fsp3) is 0. The van der Waals surface area contributed by atoms with E-state index >= 15 is 0 Å². The SMILES string of the molecule is O=C(Nc1ccc(-c2ccc3nncn3n2)cc1)c1ccccc1I. The highest BCUT2D eigenvalue weighted by atomic mass is 127. The van der Waals surface area contributed by atoms with Crippen LogP contribution in [0.4, 0.5) is 5.69 Å². The van der Waals surface area contributed by atoms with Crippen molar-refractivity contribution in [3.05, 3.63) is 76.1 Å². The summed E-state index contributed by atoms with van der Waals surface area (Å²) in [7, 11) is 0. The van der Waals surface area contributed by atoms with Crippen LogP contribution in [0.5, 0.6) is 0 Å². The van der Waals surface area contributed by atoms with Crippen molar-refractivity contribution in [3.63, 3.8) is 0 Å². The summed E-state index contributed by atoms with van der Waals surface area (Å²) in [6, 6.07) is 18.8. The Balaban J connectivity index is 1.55. The molecule has 4 aromatic rings. The number of aromatic nitrogens is 4. The summed E-state index contributed by atoms with van der Waals surface area (Å²) in [5.41, 5.74) is 3.85. The van der Waals surface area contributed by atoms with Crippen LogP contribution in [-0.2, 0) is 0 Å². The highest BCUT2D eigenvalue weighted by Crippen LogP contribution is 2.20. The van der Waals surface area contributed by atoms with Crippen LogP contribution in [0.15, 0.2) is 67.0 Å². The zero-order chi connectivity index (χ0) is 17.2. The van der Waals surface area contributed by atoms with E-state index in [9.17, 15) is 4.79 Å². The first-order chi connectivity index (χ1) is 12.2. The first-order valence-corrected chi connectivity index (χ1v) is 8.62. The molecule has 1 N–H and O–H groups in total. The van der Waals surface area contributed by atoms with Gasteiger partial charge in [-0.25, -0.2) is 0 Å². The van der Waals surface area contributed by atoms with E-state index in [1.54, 1.807) is 10.8 Å². The molecule has 4 rings (SSSR count). The lowest BCUT2D eigenvalue weighted by Crippen LogP contribution is -2.13. The predicted molar refractivity (Wildman–Crippen MR) is 103 cm³/mol. The number of anilines is 1. The minimum Gasteiger partial charge on any atom is -0.322 e. The number of carbonyl (C=O) groups excluding carboxylic acids is 1. The van der Waals surface area contributed by atoms with Crippen molar-refractivity contribution < 1.29 is 4.79 Å². The lowest BCUT2D eigenvalue weighted by Gasteiger charge is -2.08. The smallest absolute Gasteiger partial charge is 0.256 e. The van der Waals surface area contributed by atoms with Crippen LogP contribution >= 0.6 is 22.6 Å². The predicted octanol–water partition coefficient (Wildman–Crippen LogP) is 3.65. The van der Waals surface area contributed by atoms with Gasteiger partial charge in [0.2, 0.25) is 0 Å². The van der Waals surface area contributed by atoms with Crippen LogP contribution in [0.3, 0.4) is 0 Å². The average Bonchev–Trinajstić information content (AvgIpc) is 3.10. The number of hydrogen-bond donors (Lipinski definition) is 1. The van der Waals surface area contributed by atoms with E-state index in [1.165, 1.54) is 0 Å². The second-order valence-corrected chi connectivity index (χ2v) is 6.53. The lowest BCUT2D eigenvalue weighted by atomic mass is 10.1. The van der Waals surface area contributed by atoms with E-state index in [-0.39, 0.29) is 5.91 Å². The minimum atomic E-state index is -0.123. The quantitative estimate of drug-likeness (QED) is 0.493. The normalized spacial score (nSPS) is 10.8. The first kappa shape index (κ1) is 15.7. The molecule has 0 aliphatic rings. The number of nitrogens with zero attached hydrogens (tertiary/aromatic N) is 4. The minimum absolute atomic E-state index is 0.123. The Morgan fingerprint density at radius 2 is 1.80 bits per heavy atom. The van der Waals surface area contributed by atoms with Gasteiger partial charge in [-0.3, -0.25) is 4.79 Å². The second kappa shape index (κ2) is 6.60. The average molecular weight is 441 g/mol. The van der Waals surface area contributed by atoms with Gasteiger partial charge in [-0.2, -0.15) is 9.61 Å². The topological polar surface area (TPSA) is 72.2 Å². The van der Waals surface area contributed by atoms with E-state index in [0.717, 1.165) is 20.5 Å². The molecule has 0 aliphatic carbocycles. The van der Waals surface area contributed by atoms with Gasteiger partial charge < -0.3 is 5.32 Å². The molecular formula is C18H12IN5O. The fourth-order valence-corrected chi connectivity index (χ4v) is 3.08. The maximum atomic E-state index is 12.4.